The summed E-state index contributed by atoms with van der Waals surface area (Å²) in [6, 6.07) is 3.79. The normalized spacial score (nSPS) is 14.9. The van der Waals surface area contributed by atoms with Crippen molar-refractivity contribution < 1.29 is 4.74 Å². The monoisotopic (exact) mass is 421 g/mol. The summed E-state index contributed by atoms with van der Waals surface area (Å²) in [7, 11) is 1.72. The predicted molar refractivity (Wildman–Crippen MR) is 103 cm³/mol. The van der Waals surface area contributed by atoms with Crippen LogP contribution in [0.4, 0.5) is 0 Å². The summed E-state index contributed by atoms with van der Waals surface area (Å²) < 4.78 is 6.70. The van der Waals surface area contributed by atoms with Gasteiger partial charge in [-0.3, -0.25) is 4.98 Å². The van der Waals surface area contributed by atoms with Gasteiger partial charge >= 0.3 is 0 Å². The maximum absolute atomic E-state index is 6.32. The number of aromatic nitrogens is 4. The molecule has 0 saturated heterocycles. The summed E-state index contributed by atoms with van der Waals surface area (Å²) in [6.07, 6.45) is 4.91. The third-order valence-corrected chi connectivity index (χ3v) is 4.98. The summed E-state index contributed by atoms with van der Waals surface area (Å²) in [4.78, 5) is 6.27. The number of nitrogens with two attached hydrogens (primary N) is 2. The van der Waals surface area contributed by atoms with E-state index in [9.17, 15) is 0 Å². The van der Waals surface area contributed by atoms with Crippen LogP contribution in [0, 0.1) is 5.92 Å². The molecule has 0 atom stereocenters. The van der Waals surface area contributed by atoms with Crippen molar-refractivity contribution in [1.29, 1.82) is 0 Å². The van der Waals surface area contributed by atoms with Crippen LogP contribution in [-0.2, 0) is 13.0 Å². The van der Waals surface area contributed by atoms with Gasteiger partial charge in [0.05, 0.1) is 29.3 Å². The van der Waals surface area contributed by atoms with E-state index >= 15 is 0 Å². The molecule has 0 bridgehead atoms. The Labute approximate surface area is 161 Å². The first-order chi connectivity index (χ1) is 12.5. The molecule has 1 saturated carbocycles. The molecular formula is C17H24BrN7O. The van der Waals surface area contributed by atoms with Gasteiger partial charge in [-0.1, -0.05) is 6.92 Å². The molecule has 140 valence electrons. The fourth-order valence-corrected chi connectivity index (χ4v) is 3.01. The maximum atomic E-state index is 6.32. The predicted octanol–water partition coefficient (Wildman–Crippen LogP) is 1.92. The van der Waals surface area contributed by atoms with Crippen molar-refractivity contribution in [2.45, 2.75) is 32.7 Å². The highest BCUT2D eigenvalue weighted by Gasteiger charge is 2.23. The third-order valence-electron chi connectivity index (χ3n) is 4.26. The van der Waals surface area contributed by atoms with Gasteiger partial charge in [0.25, 0.3) is 5.88 Å². The minimum atomic E-state index is 0.181. The Morgan fingerprint density at radius 1 is 1.42 bits per heavy atom. The highest BCUT2D eigenvalue weighted by Crippen LogP contribution is 2.30. The smallest absolute Gasteiger partial charge is 0.253 e. The van der Waals surface area contributed by atoms with E-state index < -0.39 is 0 Å². The fourth-order valence-electron chi connectivity index (χ4n) is 2.51. The molecule has 0 amide bonds. The molecule has 0 unspecified atom stereocenters. The van der Waals surface area contributed by atoms with Crippen LogP contribution in [0.1, 0.15) is 31.2 Å². The van der Waals surface area contributed by atoms with Gasteiger partial charge in [0.1, 0.15) is 12.8 Å². The molecule has 0 spiro atoms. The van der Waals surface area contributed by atoms with Crippen molar-refractivity contribution >= 4 is 21.6 Å². The second-order valence-corrected chi connectivity index (χ2v) is 7.27. The largest absolute Gasteiger partial charge is 0.469 e. The Balaban J connectivity index is 1.74. The zero-order valence-electron chi connectivity index (χ0n) is 15.0. The lowest BCUT2D eigenvalue weighted by Crippen LogP contribution is -2.31. The summed E-state index contributed by atoms with van der Waals surface area (Å²) in [5, 5.41) is 10.0. The van der Waals surface area contributed by atoms with Crippen molar-refractivity contribution in [3.05, 3.63) is 39.9 Å². The first-order valence-electron chi connectivity index (χ1n) is 8.63. The van der Waals surface area contributed by atoms with Crippen LogP contribution in [0.3, 0.4) is 0 Å². The lowest BCUT2D eigenvalue weighted by atomic mass is 10.2. The number of likely N-dealkylation sites (N-methyl/N-ethyl adjacent to an activating group) is 1. The first-order valence-corrected chi connectivity index (χ1v) is 9.43. The van der Waals surface area contributed by atoms with Gasteiger partial charge < -0.3 is 15.5 Å². The van der Waals surface area contributed by atoms with Gasteiger partial charge in [0.15, 0.2) is 0 Å². The van der Waals surface area contributed by atoms with Gasteiger partial charge in [0.2, 0.25) is 0 Å². The van der Waals surface area contributed by atoms with E-state index in [2.05, 4.69) is 31.1 Å². The molecule has 0 radical (unpaired) electrons. The maximum Gasteiger partial charge on any atom is 0.253 e. The number of nitrogens with zero attached hydrogens (tertiary/aromatic N) is 5. The van der Waals surface area contributed by atoms with E-state index in [1.165, 1.54) is 17.9 Å². The number of halogens is 1. The molecule has 2 aromatic heterocycles. The van der Waals surface area contributed by atoms with Crippen molar-refractivity contribution in [2.75, 3.05) is 13.7 Å². The molecule has 0 aromatic carbocycles. The Bertz CT molecular complexity index is 798. The van der Waals surface area contributed by atoms with E-state index in [0.717, 1.165) is 23.1 Å². The Morgan fingerprint density at radius 3 is 2.85 bits per heavy atom. The quantitative estimate of drug-likeness (QED) is 0.494. The van der Waals surface area contributed by atoms with Gasteiger partial charge in [-0.15, -0.1) is 5.10 Å². The van der Waals surface area contributed by atoms with E-state index in [4.69, 9.17) is 16.3 Å². The number of pyridine rings is 1. The number of ether oxygens (including phenoxy) is 1. The van der Waals surface area contributed by atoms with Crippen molar-refractivity contribution in [1.82, 2.24) is 25.0 Å². The molecule has 1 aliphatic rings. The Kier molecular flexibility index (Phi) is 5.77. The molecule has 2 aromatic rings. The average molecular weight is 422 g/mol. The van der Waals surface area contributed by atoms with Crippen LogP contribution in [0.15, 0.2) is 28.5 Å². The number of hydrazine groups is 1. The number of hydrogen-bond acceptors (Lipinski definition) is 7. The molecule has 1 fully saturated rings. The van der Waals surface area contributed by atoms with Crippen LogP contribution in [0.25, 0.3) is 5.70 Å². The summed E-state index contributed by atoms with van der Waals surface area (Å²) in [5.41, 5.74) is 9.02. The van der Waals surface area contributed by atoms with Crippen LogP contribution in [-0.4, -0.2) is 38.6 Å². The molecule has 2 heterocycles. The number of hydrogen-bond donors (Lipinski definition) is 2. The van der Waals surface area contributed by atoms with E-state index in [1.54, 1.807) is 18.0 Å². The third kappa shape index (κ3) is 4.53. The Morgan fingerprint density at radius 2 is 2.19 bits per heavy atom. The summed E-state index contributed by atoms with van der Waals surface area (Å²) >= 11 is 3.49. The second-order valence-electron chi connectivity index (χ2n) is 6.42. The minimum absolute atomic E-state index is 0.181. The van der Waals surface area contributed by atoms with Gasteiger partial charge in [0, 0.05) is 11.5 Å². The van der Waals surface area contributed by atoms with Crippen LogP contribution in [0.5, 0.6) is 5.88 Å². The van der Waals surface area contributed by atoms with Gasteiger partial charge in [-0.2, -0.15) is 9.90 Å². The molecule has 1 aliphatic carbocycles. The molecule has 9 heteroatoms. The molecular weight excluding hydrogens is 398 g/mol. The van der Waals surface area contributed by atoms with Gasteiger partial charge in [-0.05, 0) is 53.2 Å². The van der Waals surface area contributed by atoms with Crippen LogP contribution >= 0.6 is 15.9 Å². The zero-order valence-corrected chi connectivity index (χ0v) is 16.6. The summed E-state index contributed by atoms with van der Waals surface area (Å²) in [5.74, 6) is 7.11. The minimum Gasteiger partial charge on any atom is -0.469 e. The molecule has 4 N–H and O–H groups in total. The summed E-state index contributed by atoms with van der Waals surface area (Å²) in [6.45, 7) is 3.06. The first kappa shape index (κ1) is 18.7. The molecule has 3 rings (SSSR count). The SMILES string of the molecule is CCc1nc(/C(N)=C(\COc2cnn(CC3CC3)n2)N(C)N)ccc1Br. The van der Waals surface area contributed by atoms with E-state index in [0.29, 0.717) is 28.9 Å². The second kappa shape index (κ2) is 8.05. The van der Waals surface area contributed by atoms with Crippen molar-refractivity contribution in [3.8, 4) is 5.88 Å². The van der Waals surface area contributed by atoms with Crippen molar-refractivity contribution in [2.24, 2.45) is 17.5 Å². The topological polar surface area (TPSA) is 108 Å². The zero-order chi connectivity index (χ0) is 18.7. The molecule has 0 aliphatic heterocycles. The number of aryl methyl sites for hydroxylation is 1. The molecule has 26 heavy (non-hydrogen) atoms. The lowest BCUT2D eigenvalue weighted by Gasteiger charge is -2.19. The van der Waals surface area contributed by atoms with Gasteiger partial charge in [-0.25, -0.2) is 5.84 Å². The van der Waals surface area contributed by atoms with Crippen molar-refractivity contribution in [3.63, 3.8) is 0 Å². The Hall–Kier alpha value is -2.13. The lowest BCUT2D eigenvalue weighted by molar-refractivity contribution is 0.283. The highest BCUT2D eigenvalue weighted by molar-refractivity contribution is 9.10. The fraction of sp³-hybridized carbons (Fsp3) is 0.471. The highest BCUT2D eigenvalue weighted by atomic mass is 79.9. The van der Waals surface area contributed by atoms with Crippen LogP contribution < -0.4 is 16.3 Å². The molecule has 8 nitrogen and oxygen atoms in total. The number of rotatable bonds is 8. The standard InChI is InChI=1S/C17H24BrN7O/c1-3-13-12(18)6-7-14(22-13)17(19)15(24(2)20)10-26-16-8-21-25(23-16)9-11-4-5-11/h6-8,11H,3-5,9-10,19-20H2,1-2H3/b17-15-. The van der Waals surface area contributed by atoms with Crippen LogP contribution in [0.2, 0.25) is 0 Å². The van der Waals surface area contributed by atoms with E-state index in [1.807, 2.05) is 19.1 Å². The average Bonchev–Trinajstić information content (AvgIpc) is 3.32. The van der Waals surface area contributed by atoms with E-state index in [-0.39, 0.29) is 6.61 Å².